The lowest BCUT2D eigenvalue weighted by molar-refractivity contribution is 0.330. The first-order chi connectivity index (χ1) is 9.24. The van der Waals surface area contributed by atoms with Crippen molar-refractivity contribution >= 4 is 23.0 Å². The summed E-state index contributed by atoms with van der Waals surface area (Å²) in [5, 5.41) is 0. The molecule has 0 aliphatic carbocycles. The molecular weight excluding hydrogens is 353 g/mol. The first-order valence-electron chi connectivity index (χ1n) is 6.07. The van der Waals surface area contributed by atoms with Crippen LogP contribution in [0.15, 0.2) is 48.5 Å². The van der Waals surface area contributed by atoms with Crippen LogP contribution in [0.5, 0.6) is 11.5 Å². The maximum absolute atomic E-state index is 5.29. The maximum Gasteiger partial charge on any atom is 0.192 e. The van der Waals surface area contributed by atoms with E-state index >= 15 is 0 Å². The number of hydrogen-bond donors (Lipinski definition) is 1. The third kappa shape index (κ3) is 3.61. The van der Waals surface area contributed by atoms with Crippen LogP contribution in [0.4, 0.5) is 0 Å². The van der Waals surface area contributed by atoms with Gasteiger partial charge in [0.15, 0.2) is 23.0 Å². The number of para-hydroxylation sites is 1. The smallest absolute Gasteiger partial charge is 0.192 e. The third-order valence-electron chi connectivity index (χ3n) is 3.16. The van der Waals surface area contributed by atoms with E-state index in [-0.39, 0.29) is 0 Å². The van der Waals surface area contributed by atoms with Crippen molar-refractivity contribution in [3.63, 3.8) is 0 Å². The Morgan fingerprint density at radius 3 is 2.42 bits per heavy atom. The summed E-state index contributed by atoms with van der Waals surface area (Å²) in [7, 11) is 0. The van der Waals surface area contributed by atoms with Gasteiger partial charge < -0.3 is 7.90 Å². The molecule has 0 radical (unpaired) electrons. The predicted molar refractivity (Wildman–Crippen MR) is 84.5 cm³/mol. The van der Waals surface area contributed by atoms with Crippen LogP contribution in [0.25, 0.3) is 0 Å². The highest BCUT2D eigenvalue weighted by molar-refractivity contribution is 14.1. The van der Waals surface area contributed by atoms with E-state index in [0.29, 0.717) is 5.92 Å². The van der Waals surface area contributed by atoms with E-state index in [1.165, 1.54) is 5.56 Å². The van der Waals surface area contributed by atoms with Crippen LogP contribution in [0.3, 0.4) is 0 Å². The molecule has 0 heterocycles. The van der Waals surface area contributed by atoms with Crippen molar-refractivity contribution in [3.8, 4) is 11.5 Å². The van der Waals surface area contributed by atoms with Crippen LogP contribution in [0.2, 0.25) is 0 Å². The van der Waals surface area contributed by atoms with E-state index < -0.39 is 0 Å². The van der Waals surface area contributed by atoms with Crippen LogP contribution < -0.4 is 13.8 Å². The van der Waals surface area contributed by atoms with E-state index in [1.807, 2.05) is 59.4 Å². The van der Waals surface area contributed by atoms with Crippen LogP contribution in [-0.2, 0) is 6.42 Å². The fraction of sp³-hybridized carbons (Fsp3) is 0.200. The van der Waals surface area contributed by atoms with Crippen molar-refractivity contribution in [2.24, 2.45) is 5.90 Å². The van der Waals surface area contributed by atoms with Crippen molar-refractivity contribution in [1.29, 1.82) is 0 Å². The molecule has 0 aliphatic rings. The molecule has 0 aliphatic heterocycles. The standard InChI is InChI=1S/C15H16INO2/c1-11(12-6-8-14(18-16)9-7-12)10-13-4-2-3-5-15(13)19-17/h2-9,11H,10,17H2,1H3. The number of hydrogen-bond acceptors (Lipinski definition) is 3. The molecule has 100 valence electrons. The average Bonchev–Trinajstić information content (AvgIpc) is 2.48. The summed E-state index contributed by atoms with van der Waals surface area (Å²) in [6.07, 6.45) is 0.887. The van der Waals surface area contributed by atoms with E-state index in [9.17, 15) is 0 Å². The van der Waals surface area contributed by atoms with E-state index in [1.54, 1.807) is 0 Å². The van der Waals surface area contributed by atoms with E-state index in [4.69, 9.17) is 13.8 Å². The highest BCUT2D eigenvalue weighted by atomic mass is 127. The molecule has 0 bridgehead atoms. The second kappa shape index (κ2) is 6.77. The van der Waals surface area contributed by atoms with Gasteiger partial charge in [0.05, 0.1) is 0 Å². The van der Waals surface area contributed by atoms with Crippen LogP contribution in [-0.4, -0.2) is 0 Å². The SMILES string of the molecule is CC(Cc1ccccc1ON)c1ccc(OI)cc1. The lowest BCUT2D eigenvalue weighted by Gasteiger charge is -2.14. The minimum Gasteiger partial charge on any atom is -0.428 e. The summed E-state index contributed by atoms with van der Waals surface area (Å²) in [4.78, 5) is 4.90. The molecule has 0 fully saturated rings. The summed E-state index contributed by atoms with van der Waals surface area (Å²) < 4.78 is 5.14. The van der Waals surface area contributed by atoms with Crippen molar-refractivity contribution < 1.29 is 7.90 Å². The number of halogens is 1. The maximum atomic E-state index is 5.29. The van der Waals surface area contributed by atoms with Crippen molar-refractivity contribution in [2.75, 3.05) is 0 Å². The zero-order valence-corrected chi connectivity index (χ0v) is 12.8. The van der Waals surface area contributed by atoms with Gasteiger partial charge in [-0.3, -0.25) is 0 Å². The molecule has 4 heteroatoms. The van der Waals surface area contributed by atoms with E-state index in [2.05, 4.69) is 19.1 Å². The summed E-state index contributed by atoms with van der Waals surface area (Å²) in [6.45, 7) is 2.19. The second-order valence-corrected chi connectivity index (χ2v) is 4.92. The molecule has 2 N–H and O–H groups in total. The topological polar surface area (TPSA) is 44.5 Å². The fourth-order valence-electron chi connectivity index (χ4n) is 2.08. The summed E-state index contributed by atoms with van der Waals surface area (Å²) >= 11 is 1.88. The quantitative estimate of drug-likeness (QED) is 0.640. The molecule has 0 saturated carbocycles. The molecule has 0 saturated heterocycles. The Morgan fingerprint density at radius 1 is 1.11 bits per heavy atom. The van der Waals surface area contributed by atoms with Gasteiger partial charge in [0.1, 0.15) is 11.5 Å². The molecule has 0 spiro atoms. The van der Waals surface area contributed by atoms with Crippen molar-refractivity contribution in [1.82, 2.24) is 0 Å². The molecule has 0 aromatic heterocycles. The fourth-order valence-corrected chi connectivity index (χ4v) is 2.38. The van der Waals surface area contributed by atoms with Gasteiger partial charge in [-0.15, -0.1) is 0 Å². The summed E-state index contributed by atoms with van der Waals surface area (Å²) in [5.41, 5.74) is 2.38. The van der Waals surface area contributed by atoms with Crippen LogP contribution >= 0.6 is 23.0 Å². The van der Waals surface area contributed by atoms with Gasteiger partial charge in [-0.05, 0) is 41.7 Å². The van der Waals surface area contributed by atoms with Gasteiger partial charge in [-0.25, -0.2) is 0 Å². The zero-order valence-electron chi connectivity index (χ0n) is 10.7. The Morgan fingerprint density at radius 2 is 1.79 bits per heavy atom. The lowest BCUT2D eigenvalue weighted by Crippen LogP contribution is -2.06. The minimum atomic E-state index is 0.388. The molecule has 2 rings (SSSR count). The summed E-state index contributed by atoms with van der Waals surface area (Å²) in [5.74, 6) is 7.27. The van der Waals surface area contributed by atoms with Gasteiger partial charge >= 0.3 is 0 Å². The molecule has 1 atom stereocenters. The van der Waals surface area contributed by atoms with Crippen LogP contribution in [0, 0.1) is 0 Å². The summed E-state index contributed by atoms with van der Waals surface area (Å²) in [6, 6.07) is 16.0. The monoisotopic (exact) mass is 369 g/mol. The second-order valence-electron chi connectivity index (χ2n) is 4.48. The van der Waals surface area contributed by atoms with Gasteiger partial charge in [0.2, 0.25) is 0 Å². The van der Waals surface area contributed by atoms with Crippen molar-refractivity contribution in [2.45, 2.75) is 19.3 Å². The first-order valence-corrected chi connectivity index (χ1v) is 6.96. The third-order valence-corrected chi connectivity index (χ3v) is 3.67. The largest absolute Gasteiger partial charge is 0.428 e. The van der Waals surface area contributed by atoms with Gasteiger partial charge in [0.25, 0.3) is 0 Å². The van der Waals surface area contributed by atoms with Crippen LogP contribution in [0.1, 0.15) is 24.0 Å². The number of rotatable bonds is 5. The molecule has 3 nitrogen and oxygen atoms in total. The average molecular weight is 369 g/mol. The number of benzene rings is 2. The Kier molecular flexibility index (Phi) is 5.04. The molecular formula is C15H16INO2. The number of nitrogens with two attached hydrogens (primary N) is 1. The van der Waals surface area contributed by atoms with Gasteiger partial charge in [-0.1, -0.05) is 37.3 Å². The van der Waals surface area contributed by atoms with E-state index in [0.717, 1.165) is 23.5 Å². The molecule has 19 heavy (non-hydrogen) atoms. The Bertz CT molecular complexity index is 528. The first kappa shape index (κ1) is 14.1. The van der Waals surface area contributed by atoms with Gasteiger partial charge in [-0.2, -0.15) is 5.90 Å². The highest BCUT2D eigenvalue weighted by Crippen LogP contribution is 2.27. The predicted octanol–water partition coefficient (Wildman–Crippen LogP) is 4.01. The highest BCUT2D eigenvalue weighted by Gasteiger charge is 2.10. The zero-order chi connectivity index (χ0) is 13.7. The lowest BCUT2D eigenvalue weighted by atomic mass is 9.93. The van der Waals surface area contributed by atoms with Gasteiger partial charge in [0, 0.05) is 0 Å². The molecule has 1 unspecified atom stereocenters. The Balaban J connectivity index is 2.13. The normalized spacial score (nSPS) is 11.9. The van der Waals surface area contributed by atoms with Crippen molar-refractivity contribution in [3.05, 3.63) is 59.7 Å². The Labute approximate surface area is 127 Å². The molecule has 2 aromatic rings. The minimum absolute atomic E-state index is 0.388. The molecule has 2 aromatic carbocycles. The Hall–Kier alpha value is -1.27. The molecule has 0 amide bonds.